The summed E-state index contributed by atoms with van der Waals surface area (Å²) in [5, 5.41) is 10.5. The number of carbonyl (C=O) groups excluding carboxylic acids is 2. The fourth-order valence-electron chi connectivity index (χ4n) is 3.32. The van der Waals surface area contributed by atoms with Crippen molar-refractivity contribution in [2.45, 2.75) is 13.2 Å². The molecule has 8 nitrogen and oxygen atoms in total. The lowest BCUT2D eigenvalue weighted by Crippen LogP contribution is -2.27. The number of methoxy groups -OCH3 is 1. The summed E-state index contributed by atoms with van der Waals surface area (Å²) in [4.78, 5) is 37.1. The lowest BCUT2D eigenvalue weighted by atomic mass is 10.1. The van der Waals surface area contributed by atoms with E-state index in [9.17, 15) is 19.7 Å². The van der Waals surface area contributed by atoms with E-state index in [0.29, 0.717) is 22.0 Å². The fraction of sp³-hybridized carbons (Fsp3) is 0.120. The number of non-ortho nitro benzene ring substituents is 1. The van der Waals surface area contributed by atoms with Crippen molar-refractivity contribution in [3.63, 3.8) is 0 Å². The van der Waals surface area contributed by atoms with Crippen molar-refractivity contribution in [3.8, 4) is 11.5 Å². The number of amides is 2. The molecule has 0 bridgehead atoms. The maximum atomic E-state index is 12.8. The number of thioether (sulfide) groups is 1. The van der Waals surface area contributed by atoms with Crippen LogP contribution in [0.15, 0.2) is 77.7 Å². The Labute approximate surface area is 199 Å². The average Bonchev–Trinajstić information content (AvgIpc) is 3.11. The van der Waals surface area contributed by atoms with Crippen molar-refractivity contribution in [2.75, 3.05) is 7.11 Å². The van der Waals surface area contributed by atoms with Crippen molar-refractivity contribution < 1.29 is 24.0 Å². The standard InChI is InChI=1S/C25H20N2O6S/c1-32-22-13-19(9-12-21(22)33-16-18-7-10-20(11-8-18)27(30)31)14-23-24(28)26(25(29)34-23)15-17-5-3-2-4-6-17/h2-14H,15-16H2,1H3/b23-14-. The maximum absolute atomic E-state index is 12.8. The zero-order valence-electron chi connectivity index (χ0n) is 18.2. The van der Waals surface area contributed by atoms with E-state index in [2.05, 4.69) is 0 Å². The van der Waals surface area contributed by atoms with Gasteiger partial charge in [-0.1, -0.05) is 36.4 Å². The first-order valence-electron chi connectivity index (χ1n) is 10.3. The number of ether oxygens (including phenoxy) is 2. The van der Waals surface area contributed by atoms with Gasteiger partial charge < -0.3 is 9.47 Å². The van der Waals surface area contributed by atoms with E-state index in [1.165, 1.54) is 24.1 Å². The molecule has 0 spiro atoms. The minimum atomic E-state index is -0.456. The monoisotopic (exact) mass is 476 g/mol. The zero-order chi connectivity index (χ0) is 24.1. The van der Waals surface area contributed by atoms with Crippen LogP contribution < -0.4 is 9.47 Å². The van der Waals surface area contributed by atoms with Gasteiger partial charge in [-0.15, -0.1) is 0 Å². The number of benzene rings is 3. The number of carbonyl (C=O) groups is 2. The van der Waals surface area contributed by atoms with E-state index in [1.807, 2.05) is 30.3 Å². The normalized spacial score (nSPS) is 14.5. The Bertz CT molecular complexity index is 1260. The van der Waals surface area contributed by atoms with E-state index in [-0.39, 0.29) is 30.0 Å². The molecule has 172 valence electrons. The summed E-state index contributed by atoms with van der Waals surface area (Å²) in [7, 11) is 1.51. The van der Waals surface area contributed by atoms with Gasteiger partial charge in [-0.25, -0.2) is 0 Å². The molecule has 0 saturated carbocycles. The second-order valence-corrected chi connectivity index (χ2v) is 8.37. The topological polar surface area (TPSA) is 99.0 Å². The molecule has 1 heterocycles. The number of nitro groups is 1. The fourth-order valence-corrected chi connectivity index (χ4v) is 4.16. The van der Waals surface area contributed by atoms with Crippen LogP contribution in [0.25, 0.3) is 6.08 Å². The second kappa shape index (κ2) is 10.2. The van der Waals surface area contributed by atoms with Gasteiger partial charge in [0.2, 0.25) is 0 Å². The summed E-state index contributed by atoms with van der Waals surface area (Å²) in [6.07, 6.45) is 1.65. The Morgan fingerprint density at radius 3 is 2.38 bits per heavy atom. The van der Waals surface area contributed by atoms with Crippen LogP contribution in [0, 0.1) is 10.1 Å². The van der Waals surface area contributed by atoms with Crippen molar-refractivity contribution in [2.24, 2.45) is 0 Å². The van der Waals surface area contributed by atoms with Crippen LogP contribution in [-0.2, 0) is 17.9 Å². The highest BCUT2D eigenvalue weighted by Crippen LogP contribution is 2.35. The van der Waals surface area contributed by atoms with E-state index >= 15 is 0 Å². The number of imide groups is 1. The molecule has 0 aliphatic carbocycles. The summed E-state index contributed by atoms with van der Waals surface area (Å²) in [6.45, 7) is 0.424. The largest absolute Gasteiger partial charge is 0.493 e. The minimum absolute atomic E-state index is 0.0128. The number of nitro benzene ring substituents is 1. The molecule has 0 aromatic heterocycles. The SMILES string of the molecule is COc1cc(/C=C2\SC(=O)N(Cc3ccccc3)C2=O)ccc1OCc1ccc([N+](=O)[O-])cc1. The minimum Gasteiger partial charge on any atom is -0.493 e. The third kappa shape index (κ3) is 5.26. The van der Waals surface area contributed by atoms with Gasteiger partial charge in [-0.3, -0.25) is 24.6 Å². The summed E-state index contributed by atoms with van der Waals surface area (Å²) in [5.74, 6) is 0.602. The van der Waals surface area contributed by atoms with Crippen molar-refractivity contribution in [1.29, 1.82) is 0 Å². The molecule has 0 unspecified atom stereocenters. The van der Waals surface area contributed by atoms with Gasteiger partial charge in [-0.05, 0) is 58.8 Å². The molecule has 3 aromatic carbocycles. The van der Waals surface area contributed by atoms with Gasteiger partial charge in [0.25, 0.3) is 16.8 Å². The Morgan fingerprint density at radius 1 is 0.971 bits per heavy atom. The Morgan fingerprint density at radius 2 is 1.71 bits per heavy atom. The molecule has 1 aliphatic heterocycles. The van der Waals surface area contributed by atoms with E-state index in [4.69, 9.17) is 9.47 Å². The molecule has 1 aliphatic rings. The van der Waals surface area contributed by atoms with Crippen LogP contribution in [0.3, 0.4) is 0 Å². The molecule has 34 heavy (non-hydrogen) atoms. The highest BCUT2D eigenvalue weighted by Gasteiger charge is 2.35. The molecule has 2 amide bonds. The van der Waals surface area contributed by atoms with Crippen LogP contribution in [0.4, 0.5) is 10.5 Å². The molecule has 1 fully saturated rings. The molecule has 1 saturated heterocycles. The van der Waals surface area contributed by atoms with Gasteiger partial charge >= 0.3 is 0 Å². The van der Waals surface area contributed by atoms with Crippen LogP contribution in [-0.4, -0.2) is 28.1 Å². The number of hydrogen-bond acceptors (Lipinski definition) is 7. The van der Waals surface area contributed by atoms with Gasteiger partial charge in [0.15, 0.2) is 11.5 Å². The average molecular weight is 477 g/mol. The molecular formula is C25H20N2O6S. The van der Waals surface area contributed by atoms with E-state index in [1.54, 1.807) is 36.4 Å². The summed E-state index contributed by atoms with van der Waals surface area (Å²) < 4.78 is 11.2. The number of rotatable bonds is 8. The summed E-state index contributed by atoms with van der Waals surface area (Å²) in [6, 6.07) is 20.6. The molecule has 9 heteroatoms. The third-order valence-electron chi connectivity index (χ3n) is 5.08. The molecule has 4 rings (SSSR count). The van der Waals surface area contributed by atoms with Crippen molar-refractivity contribution in [1.82, 2.24) is 4.90 Å². The highest BCUT2D eigenvalue weighted by atomic mass is 32.2. The van der Waals surface area contributed by atoms with E-state index in [0.717, 1.165) is 22.9 Å². The van der Waals surface area contributed by atoms with E-state index < -0.39 is 4.92 Å². The smallest absolute Gasteiger partial charge is 0.293 e. The molecule has 0 atom stereocenters. The number of hydrogen-bond donors (Lipinski definition) is 0. The van der Waals surface area contributed by atoms with Crippen LogP contribution >= 0.6 is 11.8 Å². The number of nitrogens with zero attached hydrogens (tertiary/aromatic N) is 2. The quantitative estimate of drug-likeness (QED) is 0.243. The first-order valence-corrected chi connectivity index (χ1v) is 11.1. The first-order chi connectivity index (χ1) is 16.4. The van der Waals surface area contributed by atoms with Gasteiger partial charge in [0, 0.05) is 12.1 Å². The Balaban J connectivity index is 1.46. The van der Waals surface area contributed by atoms with Crippen LogP contribution in [0.1, 0.15) is 16.7 Å². The predicted octanol–water partition coefficient (Wildman–Crippen LogP) is 5.42. The molecular weight excluding hydrogens is 456 g/mol. The molecule has 0 radical (unpaired) electrons. The maximum Gasteiger partial charge on any atom is 0.293 e. The molecule has 3 aromatic rings. The lowest BCUT2D eigenvalue weighted by molar-refractivity contribution is -0.384. The zero-order valence-corrected chi connectivity index (χ0v) is 19.0. The summed E-state index contributed by atoms with van der Waals surface area (Å²) in [5.41, 5.74) is 2.34. The van der Waals surface area contributed by atoms with Crippen LogP contribution in [0.2, 0.25) is 0 Å². The van der Waals surface area contributed by atoms with Gasteiger partial charge in [0.1, 0.15) is 6.61 Å². The Kier molecular flexibility index (Phi) is 6.93. The van der Waals surface area contributed by atoms with Crippen molar-refractivity contribution in [3.05, 3.63) is 105 Å². The third-order valence-corrected chi connectivity index (χ3v) is 5.99. The van der Waals surface area contributed by atoms with Gasteiger partial charge in [-0.2, -0.15) is 0 Å². The van der Waals surface area contributed by atoms with Crippen LogP contribution in [0.5, 0.6) is 11.5 Å². The molecule has 0 N–H and O–H groups in total. The Hall–Kier alpha value is -4.11. The summed E-state index contributed by atoms with van der Waals surface area (Å²) >= 11 is 0.903. The first kappa shape index (κ1) is 23.1. The van der Waals surface area contributed by atoms with Crippen molar-refractivity contribution >= 4 is 34.7 Å². The predicted molar refractivity (Wildman–Crippen MR) is 128 cm³/mol. The van der Waals surface area contributed by atoms with Gasteiger partial charge in [0.05, 0.1) is 23.5 Å². The highest BCUT2D eigenvalue weighted by molar-refractivity contribution is 8.18. The lowest BCUT2D eigenvalue weighted by Gasteiger charge is -2.12. The second-order valence-electron chi connectivity index (χ2n) is 7.38.